The summed E-state index contributed by atoms with van der Waals surface area (Å²) >= 11 is 0. The molecular formula is C16H31N3O. The van der Waals surface area contributed by atoms with Gasteiger partial charge in [0.15, 0.2) is 0 Å². The molecule has 20 heavy (non-hydrogen) atoms. The molecule has 0 aromatic carbocycles. The van der Waals surface area contributed by atoms with Crippen LogP contribution in [0.4, 0.5) is 0 Å². The van der Waals surface area contributed by atoms with Crippen molar-refractivity contribution in [1.29, 1.82) is 0 Å². The number of hydrogen-bond donors (Lipinski definition) is 1. The molecule has 4 nitrogen and oxygen atoms in total. The third-order valence-electron chi connectivity index (χ3n) is 5.41. The predicted molar refractivity (Wildman–Crippen MR) is 82.1 cm³/mol. The number of morpholine rings is 1. The van der Waals surface area contributed by atoms with Crippen LogP contribution in [0, 0.1) is 0 Å². The summed E-state index contributed by atoms with van der Waals surface area (Å²) in [5.41, 5.74) is 0. The first-order chi connectivity index (χ1) is 9.86. The van der Waals surface area contributed by atoms with Crippen molar-refractivity contribution < 1.29 is 4.74 Å². The zero-order valence-corrected chi connectivity index (χ0v) is 13.0. The Kier molecular flexibility index (Phi) is 5.32. The van der Waals surface area contributed by atoms with Gasteiger partial charge in [-0.3, -0.25) is 9.80 Å². The first kappa shape index (κ1) is 14.8. The zero-order valence-electron chi connectivity index (χ0n) is 13.0. The van der Waals surface area contributed by atoms with Gasteiger partial charge < -0.3 is 10.1 Å². The maximum atomic E-state index is 5.48. The summed E-state index contributed by atoms with van der Waals surface area (Å²) in [5.74, 6) is 0. The van der Waals surface area contributed by atoms with Crippen molar-refractivity contribution in [3.63, 3.8) is 0 Å². The molecule has 3 unspecified atom stereocenters. The van der Waals surface area contributed by atoms with Crippen LogP contribution in [0.1, 0.15) is 39.0 Å². The van der Waals surface area contributed by atoms with Crippen LogP contribution in [0.25, 0.3) is 0 Å². The first-order valence-electron chi connectivity index (χ1n) is 8.66. The molecule has 1 aliphatic carbocycles. The van der Waals surface area contributed by atoms with E-state index >= 15 is 0 Å². The molecule has 3 fully saturated rings. The Hall–Kier alpha value is -0.160. The molecule has 3 atom stereocenters. The van der Waals surface area contributed by atoms with Gasteiger partial charge in [-0.2, -0.15) is 0 Å². The monoisotopic (exact) mass is 281 g/mol. The molecule has 2 aliphatic heterocycles. The van der Waals surface area contributed by atoms with Gasteiger partial charge >= 0.3 is 0 Å². The Morgan fingerprint density at radius 1 is 1.00 bits per heavy atom. The molecule has 0 bridgehead atoms. The van der Waals surface area contributed by atoms with Gasteiger partial charge in [0.05, 0.1) is 13.2 Å². The summed E-state index contributed by atoms with van der Waals surface area (Å²) in [6.45, 7) is 10.1. The van der Waals surface area contributed by atoms with E-state index in [0.717, 1.165) is 51.0 Å². The third-order valence-corrected chi connectivity index (χ3v) is 5.41. The second kappa shape index (κ2) is 7.21. The Balaban J connectivity index is 1.48. The molecule has 3 aliphatic rings. The fourth-order valence-corrected chi connectivity index (χ4v) is 4.31. The van der Waals surface area contributed by atoms with Crippen LogP contribution in [0.2, 0.25) is 0 Å². The van der Waals surface area contributed by atoms with Gasteiger partial charge in [0, 0.05) is 44.3 Å². The Bertz CT molecular complexity index is 291. The molecule has 116 valence electrons. The standard InChI is InChI=1S/C16H31N3O/c1-2-17-14-4-3-5-15(12-14)19-7-6-16(13-19)18-8-10-20-11-9-18/h14-17H,2-13H2,1H3. The quantitative estimate of drug-likeness (QED) is 0.841. The highest BCUT2D eigenvalue weighted by Crippen LogP contribution is 2.27. The molecule has 1 saturated carbocycles. The van der Waals surface area contributed by atoms with Gasteiger partial charge in [-0.1, -0.05) is 13.3 Å². The van der Waals surface area contributed by atoms with Crippen molar-refractivity contribution in [3.8, 4) is 0 Å². The largest absolute Gasteiger partial charge is 0.379 e. The highest BCUT2D eigenvalue weighted by molar-refractivity contribution is 4.91. The highest BCUT2D eigenvalue weighted by Gasteiger charge is 2.34. The summed E-state index contributed by atoms with van der Waals surface area (Å²) in [5, 5.41) is 3.66. The van der Waals surface area contributed by atoms with Crippen LogP contribution in [0.5, 0.6) is 0 Å². The van der Waals surface area contributed by atoms with E-state index in [4.69, 9.17) is 4.74 Å². The van der Waals surface area contributed by atoms with Crippen LogP contribution in [-0.4, -0.2) is 73.9 Å². The molecule has 2 saturated heterocycles. The summed E-state index contributed by atoms with van der Waals surface area (Å²) in [7, 11) is 0. The molecule has 1 N–H and O–H groups in total. The first-order valence-corrected chi connectivity index (χ1v) is 8.66. The number of rotatable bonds is 4. The normalized spacial score (nSPS) is 37.4. The number of nitrogens with zero attached hydrogens (tertiary/aromatic N) is 2. The van der Waals surface area contributed by atoms with Crippen LogP contribution in [-0.2, 0) is 4.74 Å². The Morgan fingerprint density at radius 2 is 1.85 bits per heavy atom. The lowest BCUT2D eigenvalue weighted by Crippen LogP contribution is -2.47. The fourth-order valence-electron chi connectivity index (χ4n) is 4.31. The van der Waals surface area contributed by atoms with Gasteiger partial charge in [0.1, 0.15) is 0 Å². The van der Waals surface area contributed by atoms with Crippen LogP contribution in [0.15, 0.2) is 0 Å². The summed E-state index contributed by atoms with van der Waals surface area (Å²) < 4.78 is 5.48. The molecule has 0 radical (unpaired) electrons. The van der Waals surface area contributed by atoms with Crippen molar-refractivity contribution in [1.82, 2.24) is 15.1 Å². The minimum absolute atomic E-state index is 0.765. The van der Waals surface area contributed by atoms with Crippen molar-refractivity contribution in [2.24, 2.45) is 0 Å². The van der Waals surface area contributed by atoms with Crippen molar-refractivity contribution in [2.45, 2.75) is 57.2 Å². The second-order valence-corrected chi connectivity index (χ2v) is 6.66. The summed E-state index contributed by atoms with van der Waals surface area (Å²) in [6.07, 6.45) is 6.93. The lowest BCUT2D eigenvalue weighted by molar-refractivity contribution is 0.0169. The van der Waals surface area contributed by atoms with Crippen molar-refractivity contribution >= 4 is 0 Å². The van der Waals surface area contributed by atoms with Crippen LogP contribution < -0.4 is 5.32 Å². The number of likely N-dealkylation sites (tertiary alicyclic amines) is 1. The molecule has 4 heteroatoms. The molecule has 0 amide bonds. The summed E-state index contributed by atoms with van der Waals surface area (Å²) in [4.78, 5) is 5.44. The molecule has 0 spiro atoms. The second-order valence-electron chi connectivity index (χ2n) is 6.66. The minimum atomic E-state index is 0.765. The maximum Gasteiger partial charge on any atom is 0.0594 e. The van der Waals surface area contributed by atoms with E-state index < -0.39 is 0 Å². The molecule has 3 rings (SSSR count). The topological polar surface area (TPSA) is 27.7 Å². The van der Waals surface area contributed by atoms with E-state index in [1.807, 2.05) is 0 Å². The van der Waals surface area contributed by atoms with Gasteiger partial charge in [-0.05, 0) is 32.2 Å². The lowest BCUT2D eigenvalue weighted by Gasteiger charge is -2.37. The van der Waals surface area contributed by atoms with Crippen molar-refractivity contribution in [3.05, 3.63) is 0 Å². The van der Waals surface area contributed by atoms with Crippen LogP contribution in [0.3, 0.4) is 0 Å². The van der Waals surface area contributed by atoms with Crippen molar-refractivity contribution in [2.75, 3.05) is 45.9 Å². The van der Waals surface area contributed by atoms with Gasteiger partial charge in [0.25, 0.3) is 0 Å². The maximum absolute atomic E-state index is 5.48. The van der Waals surface area contributed by atoms with E-state index in [9.17, 15) is 0 Å². The average Bonchev–Trinajstić information content (AvgIpc) is 2.99. The van der Waals surface area contributed by atoms with E-state index in [2.05, 4.69) is 22.0 Å². The number of hydrogen-bond acceptors (Lipinski definition) is 4. The average molecular weight is 281 g/mol. The smallest absolute Gasteiger partial charge is 0.0594 e. The van der Waals surface area contributed by atoms with Gasteiger partial charge in [-0.25, -0.2) is 0 Å². The predicted octanol–water partition coefficient (Wildman–Crippen LogP) is 1.31. The van der Waals surface area contributed by atoms with Gasteiger partial charge in [-0.15, -0.1) is 0 Å². The lowest BCUT2D eigenvalue weighted by atomic mass is 9.90. The number of ether oxygens (including phenoxy) is 1. The Labute approximate surface area is 123 Å². The molecule has 2 heterocycles. The molecular weight excluding hydrogens is 250 g/mol. The zero-order chi connectivity index (χ0) is 13.8. The van der Waals surface area contributed by atoms with E-state index in [-0.39, 0.29) is 0 Å². The summed E-state index contributed by atoms with van der Waals surface area (Å²) in [6, 6.07) is 2.39. The SMILES string of the molecule is CCNC1CCCC(N2CCC(N3CCOCC3)C2)C1. The van der Waals surface area contributed by atoms with E-state index in [1.165, 1.54) is 45.2 Å². The third kappa shape index (κ3) is 3.53. The van der Waals surface area contributed by atoms with E-state index in [1.54, 1.807) is 0 Å². The van der Waals surface area contributed by atoms with Gasteiger partial charge in [0.2, 0.25) is 0 Å². The Morgan fingerprint density at radius 3 is 2.65 bits per heavy atom. The van der Waals surface area contributed by atoms with Crippen LogP contribution >= 0.6 is 0 Å². The fraction of sp³-hybridized carbons (Fsp3) is 1.00. The molecule has 0 aromatic rings. The molecule has 0 aromatic heterocycles. The van der Waals surface area contributed by atoms with E-state index in [0.29, 0.717) is 0 Å². The highest BCUT2D eigenvalue weighted by atomic mass is 16.5. The number of nitrogens with one attached hydrogen (secondary N) is 1. The minimum Gasteiger partial charge on any atom is -0.379 e.